The van der Waals surface area contributed by atoms with Crippen LogP contribution in [0.1, 0.15) is 113 Å². The number of aryl methyl sites for hydroxylation is 4. The van der Waals surface area contributed by atoms with Gasteiger partial charge < -0.3 is 0 Å². The lowest BCUT2D eigenvalue weighted by molar-refractivity contribution is 0.605. The predicted molar refractivity (Wildman–Crippen MR) is 143 cm³/mol. The Labute approximate surface area is 195 Å². The minimum Gasteiger partial charge on any atom is -0.135 e. The Hall–Kier alpha value is -1.34. The molecule has 0 bridgehead atoms. The Morgan fingerprint density at radius 1 is 0.581 bits per heavy atom. The summed E-state index contributed by atoms with van der Waals surface area (Å²) in [6.45, 7) is 9.14. The van der Waals surface area contributed by atoms with Crippen molar-refractivity contribution in [3.8, 4) is 0 Å². The van der Waals surface area contributed by atoms with E-state index in [1.54, 1.807) is 16.5 Å². The third-order valence-electron chi connectivity index (χ3n) is 6.78. The summed E-state index contributed by atoms with van der Waals surface area (Å²) in [6.07, 6.45) is 19.0. The van der Waals surface area contributed by atoms with Crippen LogP contribution in [0.15, 0.2) is 24.3 Å². The molecule has 1 heteroatoms. The van der Waals surface area contributed by atoms with E-state index in [0.717, 1.165) is 0 Å². The Kier molecular flexibility index (Phi) is 9.91. The molecule has 0 aliphatic carbocycles. The first-order valence-corrected chi connectivity index (χ1v) is 13.9. The number of fused-ring (bicyclic) bond motifs is 3. The van der Waals surface area contributed by atoms with Gasteiger partial charge in [-0.2, -0.15) is 0 Å². The molecular formula is C30H44S. The smallest absolute Gasteiger partial charge is 0.0361 e. The zero-order valence-corrected chi connectivity index (χ0v) is 21.4. The van der Waals surface area contributed by atoms with Crippen LogP contribution in [0.4, 0.5) is 0 Å². The average molecular weight is 437 g/mol. The summed E-state index contributed by atoms with van der Waals surface area (Å²) >= 11 is 2.02. The maximum atomic E-state index is 2.58. The van der Waals surface area contributed by atoms with Gasteiger partial charge in [-0.05, 0) is 73.9 Å². The molecule has 0 unspecified atom stereocenters. The highest BCUT2D eigenvalue weighted by Gasteiger charge is 2.14. The molecule has 3 rings (SSSR count). The number of benzene rings is 2. The van der Waals surface area contributed by atoms with Gasteiger partial charge in [0.15, 0.2) is 0 Å². The molecule has 170 valence electrons. The summed E-state index contributed by atoms with van der Waals surface area (Å²) in [5.41, 5.74) is 6.03. The van der Waals surface area contributed by atoms with Crippen molar-refractivity contribution in [3.63, 3.8) is 0 Å². The summed E-state index contributed by atoms with van der Waals surface area (Å²) < 4.78 is 3.00. The molecule has 0 amide bonds. The number of hydrogen-bond donors (Lipinski definition) is 0. The molecule has 0 fully saturated rings. The topological polar surface area (TPSA) is 0 Å². The highest BCUT2D eigenvalue weighted by molar-refractivity contribution is 7.25. The monoisotopic (exact) mass is 436 g/mol. The lowest BCUT2D eigenvalue weighted by Gasteiger charge is -2.10. The fourth-order valence-electron chi connectivity index (χ4n) is 5.10. The summed E-state index contributed by atoms with van der Waals surface area (Å²) in [6, 6.07) is 9.86. The van der Waals surface area contributed by atoms with Crippen molar-refractivity contribution in [1.29, 1.82) is 0 Å². The second-order valence-electron chi connectivity index (χ2n) is 9.72. The van der Waals surface area contributed by atoms with E-state index < -0.39 is 0 Å². The standard InChI is InChI=1S/C30H44S/c1-5-7-9-11-13-15-17-25-21-26(18-16-14-12-10-8-6-2)30-28(22-25)31-27-20-23(3)19-24(4)29(27)30/h19-22H,5-18H2,1-4H3. The van der Waals surface area contributed by atoms with Crippen LogP contribution in [-0.4, -0.2) is 0 Å². The van der Waals surface area contributed by atoms with Gasteiger partial charge in [0.1, 0.15) is 0 Å². The highest BCUT2D eigenvalue weighted by Crippen LogP contribution is 2.40. The lowest BCUT2D eigenvalue weighted by Crippen LogP contribution is -1.93. The molecule has 0 radical (unpaired) electrons. The van der Waals surface area contributed by atoms with Gasteiger partial charge in [-0.25, -0.2) is 0 Å². The Balaban J connectivity index is 1.80. The number of rotatable bonds is 14. The molecule has 2 aromatic carbocycles. The van der Waals surface area contributed by atoms with Crippen molar-refractivity contribution < 1.29 is 0 Å². The van der Waals surface area contributed by atoms with Crippen molar-refractivity contribution in [2.24, 2.45) is 0 Å². The van der Waals surface area contributed by atoms with E-state index in [1.165, 1.54) is 116 Å². The zero-order valence-electron chi connectivity index (χ0n) is 20.6. The Bertz CT molecular complexity index is 946. The molecule has 0 saturated carbocycles. The Morgan fingerprint density at radius 2 is 1.16 bits per heavy atom. The number of unbranched alkanes of at least 4 members (excludes halogenated alkanes) is 10. The van der Waals surface area contributed by atoms with Gasteiger partial charge in [0, 0.05) is 20.2 Å². The second kappa shape index (κ2) is 12.6. The van der Waals surface area contributed by atoms with Gasteiger partial charge in [0.05, 0.1) is 0 Å². The van der Waals surface area contributed by atoms with Crippen LogP contribution < -0.4 is 0 Å². The molecular weight excluding hydrogens is 392 g/mol. The fourth-order valence-corrected chi connectivity index (χ4v) is 6.49. The molecule has 0 aliphatic heterocycles. The molecule has 0 aliphatic rings. The molecule has 0 saturated heterocycles. The van der Waals surface area contributed by atoms with Crippen molar-refractivity contribution in [2.45, 2.75) is 118 Å². The van der Waals surface area contributed by atoms with E-state index in [9.17, 15) is 0 Å². The van der Waals surface area contributed by atoms with Gasteiger partial charge in [-0.1, -0.05) is 90.2 Å². The number of thiophene rings is 1. The van der Waals surface area contributed by atoms with Crippen LogP contribution in [-0.2, 0) is 12.8 Å². The quantitative estimate of drug-likeness (QED) is 0.220. The summed E-state index contributed by atoms with van der Waals surface area (Å²) in [5.74, 6) is 0. The van der Waals surface area contributed by atoms with E-state index in [0.29, 0.717) is 0 Å². The SMILES string of the molecule is CCCCCCCCc1cc(CCCCCCCC)c2c(c1)sc1cc(C)cc(C)c12. The first kappa shape index (κ1) is 24.3. The van der Waals surface area contributed by atoms with E-state index in [4.69, 9.17) is 0 Å². The molecule has 0 spiro atoms. The molecule has 0 atom stereocenters. The van der Waals surface area contributed by atoms with Crippen molar-refractivity contribution in [1.82, 2.24) is 0 Å². The van der Waals surface area contributed by atoms with Crippen molar-refractivity contribution >= 4 is 31.5 Å². The van der Waals surface area contributed by atoms with Crippen molar-refractivity contribution in [2.75, 3.05) is 0 Å². The highest BCUT2D eigenvalue weighted by atomic mass is 32.1. The summed E-state index contributed by atoms with van der Waals surface area (Å²) in [5, 5.41) is 3.09. The average Bonchev–Trinajstić information content (AvgIpc) is 3.11. The molecule has 3 aromatic rings. The Morgan fingerprint density at radius 3 is 1.84 bits per heavy atom. The maximum absolute atomic E-state index is 2.58. The second-order valence-corrected chi connectivity index (χ2v) is 10.8. The molecule has 1 aromatic heterocycles. The van der Waals surface area contributed by atoms with Crippen LogP contribution in [0.5, 0.6) is 0 Å². The molecule has 31 heavy (non-hydrogen) atoms. The van der Waals surface area contributed by atoms with Crippen molar-refractivity contribution in [3.05, 3.63) is 46.5 Å². The normalized spacial score (nSPS) is 11.7. The molecule has 1 heterocycles. The van der Waals surface area contributed by atoms with Crippen LogP contribution in [0.2, 0.25) is 0 Å². The first-order chi connectivity index (χ1) is 15.1. The van der Waals surface area contributed by atoms with E-state index in [-0.39, 0.29) is 0 Å². The third-order valence-corrected chi connectivity index (χ3v) is 7.86. The minimum absolute atomic E-state index is 1.24. The minimum atomic E-state index is 1.24. The van der Waals surface area contributed by atoms with Crippen LogP contribution in [0, 0.1) is 13.8 Å². The fraction of sp³-hybridized carbons (Fsp3) is 0.600. The lowest BCUT2D eigenvalue weighted by atomic mass is 9.94. The van der Waals surface area contributed by atoms with E-state index >= 15 is 0 Å². The van der Waals surface area contributed by atoms with Gasteiger partial charge >= 0.3 is 0 Å². The maximum Gasteiger partial charge on any atom is 0.0361 e. The zero-order chi connectivity index (χ0) is 22.1. The third kappa shape index (κ3) is 6.82. The van der Waals surface area contributed by atoms with Gasteiger partial charge in [0.25, 0.3) is 0 Å². The van der Waals surface area contributed by atoms with Crippen LogP contribution in [0.25, 0.3) is 20.2 Å². The van der Waals surface area contributed by atoms with Gasteiger partial charge in [0.2, 0.25) is 0 Å². The summed E-state index contributed by atoms with van der Waals surface area (Å²) in [7, 11) is 0. The van der Waals surface area contributed by atoms with Gasteiger partial charge in [-0.15, -0.1) is 11.3 Å². The number of hydrogen-bond acceptors (Lipinski definition) is 1. The van der Waals surface area contributed by atoms with Crippen LogP contribution >= 0.6 is 11.3 Å². The van der Waals surface area contributed by atoms with E-state index in [1.807, 2.05) is 11.3 Å². The first-order valence-electron chi connectivity index (χ1n) is 13.1. The van der Waals surface area contributed by atoms with E-state index in [2.05, 4.69) is 52.0 Å². The predicted octanol–water partition coefficient (Wildman–Crippen LogP) is 10.5. The summed E-state index contributed by atoms with van der Waals surface area (Å²) in [4.78, 5) is 0. The van der Waals surface area contributed by atoms with Crippen LogP contribution in [0.3, 0.4) is 0 Å². The molecule has 0 nitrogen and oxygen atoms in total. The molecule has 0 N–H and O–H groups in total. The van der Waals surface area contributed by atoms with Gasteiger partial charge in [-0.3, -0.25) is 0 Å². The largest absolute Gasteiger partial charge is 0.135 e.